The molecular formula is C18H18O2. The maximum atomic E-state index is 9.02. The van der Waals surface area contributed by atoms with Crippen LogP contribution in [0.5, 0.6) is 0 Å². The second-order valence-corrected chi connectivity index (χ2v) is 5.12. The predicted molar refractivity (Wildman–Crippen MR) is 83.0 cm³/mol. The monoisotopic (exact) mass is 266 g/mol. The first-order valence-corrected chi connectivity index (χ1v) is 6.98. The lowest BCUT2D eigenvalue weighted by Gasteiger charge is -2.08. The number of hydrogen-bond acceptors (Lipinski definition) is 2. The first-order chi connectivity index (χ1) is 9.81. The summed E-state index contributed by atoms with van der Waals surface area (Å²) in [5.74, 6) is 0. The Morgan fingerprint density at radius 3 is 1.45 bits per heavy atom. The lowest BCUT2D eigenvalue weighted by molar-refractivity contribution is 0.299. The zero-order valence-electron chi connectivity index (χ0n) is 11.3. The van der Waals surface area contributed by atoms with Gasteiger partial charge in [0.1, 0.15) is 0 Å². The van der Waals surface area contributed by atoms with Crippen LogP contribution < -0.4 is 0 Å². The summed E-state index contributed by atoms with van der Waals surface area (Å²) in [6.07, 6.45) is 1.40. The SMILES string of the molecule is OCCc1ccc2c(ccc3cc(CCO)ccc32)c1. The molecule has 0 fully saturated rings. The summed E-state index contributed by atoms with van der Waals surface area (Å²) in [6.45, 7) is 0.368. The van der Waals surface area contributed by atoms with E-state index in [2.05, 4.69) is 48.5 Å². The third kappa shape index (κ3) is 2.40. The van der Waals surface area contributed by atoms with Crippen molar-refractivity contribution in [2.24, 2.45) is 0 Å². The minimum atomic E-state index is 0.184. The lowest BCUT2D eigenvalue weighted by Crippen LogP contribution is -1.91. The van der Waals surface area contributed by atoms with E-state index in [4.69, 9.17) is 10.2 Å². The van der Waals surface area contributed by atoms with Gasteiger partial charge in [-0.2, -0.15) is 0 Å². The van der Waals surface area contributed by atoms with Crippen LogP contribution in [-0.4, -0.2) is 23.4 Å². The Hall–Kier alpha value is -1.90. The van der Waals surface area contributed by atoms with E-state index in [9.17, 15) is 0 Å². The van der Waals surface area contributed by atoms with Crippen molar-refractivity contribution in [1.82, 2.24) is 0 Å². The van der Waals surface area contributed by atoms with Crippen molar-refractivity contribution >= 4 is 21.5 Å². The molecule has 0 aliphatic carbocycles. The van der Waals surface area contributed by atoms with Gasteiger partial charge < -0.3 is 10.2 Å². The molecule has 2 heteroatoms. The second kappa shape index (κ2) is 5.61. The first-order valence-electron chi connectivity index (χ1n) is 6.98. The van der Waals surface area contributed by atoms with Crippen molar-refractivity contribution in [1.29, 1.82) is 0 Å². The standard InChI is InChI=1S/C18H18O2/c19-9-7-13-1-5-17-15(11-13)3-4-16-12-14(8-10-20)2-6-18(16)17/h1-6,11-12,19-20H,7-10H2. The van der Waals surface area contributed by atoms with E-state index in [0.717, 1.165) is 11.1 Å². The van der Waals surface area contributed by atoms with Crippen molar-refractivity contribution in [3.63, 3.8) is 0 Å². The van der Waals surface area contributed by atoms with E-state index >= 15 is 0 Å². The molecule has 2 nitrogen and oxygen atoms in total. The van der Waals surface area contributed by atoms with Crippen LogP contribution in [0.2, 0.25) is 0 Å². The van der Waals surface area contributed by atoms with Crippen molar-refractivity contribution in [2.75, 3.05) is 13.2 Å². The summed E-state index contributed by atoms with van der Waals surface area (Å²) < 4.78 is 0. The molecule has 0 saturated carbocycles. The van der Waals surface area contributed by atoms with Crippen LogP contribution in [-0.2, 0) is 12.8 Å². The zero-order valence-corrected chi connectivity index (χ0v) is 11.3. The maximum Gasteiger partial charge on any atom is 0.0471 e. The third-order valence-corrected chi connectivity index (χ3v) is 3.77. The summed E-state index contributed by atoms with van der Waals surface area (Å²) in [5.41, 5.74) is 2.33. The fourth-order valence-corrected chi connectivity index (χ4v) is 2.74. The van der Waals surface area contributed by atoms with E-state index in [-0.39, 0.29) is 13.2 Å². The molecular weight excluding hydrogens is 248 g/mol. The Morgan fingerprint density at radius 2 is 1.05 bits per heavy atom. The third-order valence-electron chi connectivity index (χ3n) is 3.77. The average Bonchev–Trinajstić information content (AvgIpc) is 2.47. The molecule has 0 amide bonds. The number of fused-ring (bicyclic) bond motifs is 3. The minimum Gasteiger partial charge on any atom is -0.396 e. The molecule has 3 rings (SSSR count). The van der Waals surface area contributed by atoms with E-state index in [1.54, 1.807) is 0 Å². The molecule has 0 aliphatic rings. The van der Waals surface area contributed by atoms with Crippen LogP contribution in [0.1, 0.15) is 11.1 Å². The molecule has 0 aromatic heterocycles. The molecule has 3 aromatic carbocycles. The smallest absolute Gasteiger partial charge is 0.0471 e. The molecule has 0 aliphatic heterocycles. The van der Waals surface area contributed by atoms with Gasteiger partial charge in [-0.15, -0.1) is 0 Å². The van der Waals surface area contributed by atoms with Gasteiger partial charge in [0.05, 0.1) is 0 Å². The highest BCUT2D eigenvalue weighted by Crippen LogP contribution is 2.27. The summed E-state index contributed by atoms with van der Waals surface area (Å²) >= 11 is 0. The molecule has 102 valence electrons. The molecule has 0 spiro atoms. The number of aliphatic hydroxyl groups excluding tert-OH is 2. The Kier molecular flexibility index (Phi) is 3.68. The lowest BCUT2D eigenvalue weighted by atomic mass is 9.97. The van der Waals surface area contributed by atoms with Crippen LogP contribution in [0.3, 0.4) is 0 Å². The van der Waals surface area contributed by atoms with Gasteiger partial charge in [-0.1, -0.05) is 48.5 Å². The van der Waals surface area contributed by atoms with Crippen LogP contribution in [0.4, 0.5) is 0 Å². The molecule has 2 N–H and O–H groups in total. The van der Waals surface area contributed by atoms with Crippen LogP contribution >= 0.6 is 0 Å². The molecule has 0 radical (unpaired) electrons. The minimum absolute atomic E-state index is 0.184. The number of benzene rings is 3. The van der Waals surface area contributed by atoms with E-state index in [0.29, 0.717) is 12.8 Å². The highest BCUT2D eigenvalue weighted by atomic mass is 16.3. The predicted octanol–water partition coefficient (Wildman–Crippen LogP) is 3.06. The van der Waals surface area contributed by atoms with Crippen molar-refractivity contribution in [3.05, 3.63) is 59.7 Å². The summed E-state index contributed by atoms with van der Waals surface area (Å²) in [5, 5.41) is 22.9. The fourth-order valence-electron chi connectivity index (χ4n) is 2.74. The van der Waals surface area contributed by atoms with Gasteiger partial charge in [-0.3, -0.25) is 0 Å². The number of aliphatic hydroxyl groups is 2. The van der Waals surface area contributed by atoms with Gasteiger partial charge in [0, 0.05) is 13.2 Å². The quantitative estimate of drug-likeness (QED) is 0.712. The highest BCUT2D eigenvalue weighted by Gasteiger charge is 2.03. The molecule has 3 aromatic rings. The van der Waals surface area contributed by atoms with Crippen LogP contribution in [0.25, 0.3) is 21.5 Å². The second-order valence-electron chi connectivity index (χ2n) is 5.12. The topological polar surface area (TPSA) is 40.5 Å². The Labute approximate surface area is 118 Å². The van der Waals surface area contributed by atoms with Crippen molar-refractivity contribution < 1.29 is 10.2 Å². The van der Waals surface area contributed by atoms with Gasteiger partial charge in [-0.05, 0) is 45.5 Å². The highest BCUT2D eigenvalue weighted by molar-refractivity contribution is 6.07. The molecule has 0 unspecified atom stereocenters. The molecule has 0 saturated heterocycles. The van der Waals surface area contributed by atoms with Gasteiger partial charge >= 0.3 is 0 Å². The fraction of sp³-hybridized carbons (Fsp3) is 0.222. The van der Waals surface area contributed by atoms with Crippen molar-refractivity contribution in [3.8, 4) is 0 Å². The molecule has 0 heterocycles. The van der Waals surface area contributed by atoms with Gasteiger partial charge in [-0.25, -0.2) is 0 Å². The molecule has 0 bridgehead atoms. The Bertz CT molecular complexity index is 682. The van der Waals surface area contributed by atoms with Crippen molar-refractivity contribution in [2.45, 2.75) is 12.8 Å². The summed E-state index contributed by atoms with van der Waals surface area (Å²) in [6, 6.07) is 17.0. The van der Waals surface area contributed by atoms with E-state index in [1.807, 2.05) is 0 Å². The maximum absolute atomic E-state index is 9.02. The number of hydrogen-bond donors (Lipinski definition) is 2. The molecule has 0 atom stereocenters. The largest absolute Gasteiger partial charge is 0.396 e. The van der Waals surface area contributed by atoms with Gasteiger partial charge in [0.25, 0.3) is 0 Å². The normalized spacial score (nSPS) is 11.3. The zero-order chi connectivity index (χ0) is 13.9. The van der Waals surface area contributed by atoms with Crippen LogP contribution in [0.15, 0.2) is 48.5 Å². The van der Waals surface area contributed by atoms with Crippen LogP contribution in [0, 0.1) is 0 Å². The Morgan fingerprint density at radius 1 is 0.600 bits per heavy atom. The first kappa shape index (κ1) is 13.1. The van der Waals surface area contributed by atoms with E-state index < -0.39 is 0 Å². The average molecular weight is 266 g/mol. The summed E-state index contributed by atoms with van der Waals surface area (Å²) in [4.78, 5) is 0. The molecule has 20 heavy (non-hydrogen) atoms. The Balaban J connectivity index is 2.15. The van der Waals surface area contributed by atoms with Gasteiger partial charge in [0.15, 0.2) is 0 Å². The number of rotatable bonds is 4. The summed E-state index contributed by atoms with van der Waals surface area (Å²) in [7, 11) is 0. The van der Waals surface area contributed by atoms with Gasteiger partial charge in [0.2, 0.25) is 0 Å². The van der Waals surface area contributed by atoms with E-state index in [1.165, 1.54) is 21.5 Å².